The van der Waals surface area contributed by atoms with Gasteiger partial charge >= 0.3 is 6.18 Å². The summed E-state index contributed by atoms with van der Waals surface area (Å²) in [6, 6.07) is 7.94. The highest BCUT2D eigenvalue weighted by atomic mass is 32.1. The van der Waals surface area contributed by atoms with E-state index in [0.717, 1.165) is 11.0 Å². The Balaban J connectivity index is 1.75. The second kappa shape index (κ2) is 7.60. The Labute approximate surface area is 192 Å². The average molecular weight is 462 g/mol. The van der Waals surface area contributed by atoms with Crippen molar-refractivity contribution >= 4 is 40.5 Å². The zero-order valence-electron chi connectivity index (χ0n) is 20.3. The van der Waals surface area contributed by atoms with E-state index in [0.29, 0.717) is 25.3 Å². The van der Waals surface area contributed by atoms with E-state index in [1.165, 1.54) is 35.2 Å². The summed E-state index contributed by atoms with van der Waals surface area (Å²) in [4.78, 5) is 28.2. The molecule has 1 saturated carbocycles. The minimum Gasteiger partial charge on any atom is -0.355 e. The van der Waals surface area contributed by atoms with Crippen LogP contribution in [0.1, 0.15) is 46.2 Å². The molecule has 2 fully saturated rings. The number of rotatable bonds is 3. The third kappa shape index (κ3) is 3.20. The lowest BCUT2D eigenvalue weighted by molar-refractivity contribution is -0.137. The number of hydrogen-bond donors (Lipinski definition) is 1. The van der Waals surface area contributed by atoms with E-state index in [1.807, 2.05) is 0 Å². The predicted octanol–water partition coefficient (Wildman–Crippen LogP) is 4.00. The maximum atomic E-state index is 13.5. The first-order valence-corrected chi connectivity index (χ1v) is 9.84. The van der Waals surface area contributed by atoms with Gasteiger partial charge in [-0.2, -0.15) is 18.4 Å². The fraction of sp³-hybridized carbons (Fsp3) is 0.273. The number of carbonyl (C=O) groups excluding carboxylic acids is 2. The molecule has 164 valence electrons. The van der Waals surface area contributed by atoms with Crippen LogP contribution in [-0.2, 0) is 11.0 Å². The molecule has 0 bridgehead atoms. The number of carbonyl (C=O) groups is 2. The number of anilines is 2. The van der Waals surface area contributed by atoms with Crippen molar-refractivity contribution < 1.29 is 28.2 Å². The lowest BCUT2D eigenvalue weighted by Crippen LogP contribution is -2.55. The zero-order chi connectivity index (χ0) is 26.6. The Kier molecular flexibility index (Phi) is 4.07. The van der Waals surface area contributed by atoms with Gasteiger partial charge in [0.15, 0.2) is 5.11 Å². The van der Waals surface area contributed by atoms with Crippen LogP contribution in [-0.4, -0.2) is 29.4 Å². The van der Waals surface area contributed by atoms with E-state index in [2.05, 4.69) is 0 Å². The van der Waals surface area contributed by atoms with E-state index in [9.17, 15) is 22.8 Å². The second-order valence-electron chi connectivity index (χ2n) is 7.40. The lowest BCUT2D eigenvalue weighted by atomic mass is 9.75. The highest BCUT2D eigenvalue weighted by Crippen LogP contribution is 2.48. The molecule has 1 saturated heterocycles. The smallest absolute Gasteiger partial charge is 0.355 e. The molecule has 6 nitrogen and oxygen atoms in total. The summed E-state index contributed by atoms with van der Waals surface area (Å²) in [5.74, 6) is -1.52. The molecule has 0 aromatic heterocycles. The zero-order valence-corrected chi connectivity index (χ0v) is 17.1. The standard InChI is InChI=1S/C22H17F3N4O2S/c1-27-18(30)13-3-6-15(7-4-13)29-20(32)28(19(31)21(29)9-2-10-21)16-8-5-14(12-26)17(11-16)22(23,24)25/h3-8,11H,2,9-10H2,1H3,(H,27,30)/i1D3,3D. The van der Waals surface area contributed by atoms with Crippen LogP contribution in [0.4, 0.5) is 24.5 Å². The molecule has 1 heterocycles. The van der Waals surface area contributed by atoms with Crippen molar-refractivity contribution in [3.8, 4) is 6.07 Å². The molecular weight excluding hydrogens is 441 g/mol. The second-order valence-corrected chi connectivity index (χ2v) is 7.76. The Morgan fingerprint density at radius 2 is 2.00 bits per heavy atom. The Bertz CT molecular complexity index is 1340. The van der Waals surface area contributed by atoms with Crippen molar-refractivity contribution in [3.63, 3.8) is 0 Å². The molecule has 32 heavy (non-hydrogen) atoms. The largest absolute Gasteiger partial charge is 0.417 e. The third-order valence-corrected chi connectivity index (χ3v) is 6.06. The fourth-order valence-corrected chi connectivity index (χ4v) is 4.44. The lowest BCUT2D eigenvalue weighted by Gasteiger charge is -2.43. The molecule has 4 rings (SSSR count). The minimum absolute atomic E-state index is 0.114. The molecule has 10 heteroatoms. The quantitative estimate of drug-likeness (QED) is 0.698. The first kappa shape index (κ1) is 17.1. The highest BCUT2D eigenvalue weighted by molar-refractivity contribution is 7.81. The van der Waals surface area contributed by atoms with Gasteiger partial charge in [0.2, 0.25) is 0 Å². The van der Waals surface area contributed by atoms with Gasteiger partial charge in [-0.05, 0) is 73.9 Å². The summed E-state index contributed by atoms with van der Waals surface area (Å²) in [5.41, 5.74) is -3.06. The molecule has 1 N–H and O–H groups in total. The summed E-state index contributed by atoms with van der Waals surface area (Å²) in [5, 5.41) is 10.8. The summed E-state index contributed by atoms with van der Waals surface area (Å²) >= 11 is 5.52. The maximum Gasteiger partial charge on any atom is 0.417 e. The van der Waals surface area contributed by atoms with E-state index < -0.39 is 41.6 Å². The molecule has 2 aromatic carbocycles. The first-order valence-electron chi connectivity index (χ1n) is 11.4. The number of benzene rings is 2. The number of halogens is 3. The van der Waals surface area contributed by atoms with Gasteiger partial charge in [-0.15, -0.1) is 0 Å². The van der Waals surface area contributed by atoms with Crippen LogP contribution in [0.5, 0.6) is 0 Å². The van der Waals surface area contributed by atoms with Crippen molar-refractivity contribution in [1.82, 2.24) is 5.32 Å². The van der Waals surface area contributed by atoms with Crippen molar-refractivity contribution in [2.45, 2.75) is 31.0 Å². The Hall–Kier alpha value is -3.45. The molecule has 0 radical (unpaired) electrons. The van der Waals surface area contributed by atoms with Crippen LogP contribution in [0.25, 0.3) is 0 Å². The van der Waals surface area contributed by atoms with Crippen LogP contribution < -0.4 is 15.1 Å². The molecule has 2 aromatic rings. The van der Waals surface area contributed by atoms with Crippen molar-refractivity contribution in [2.75, 3.05) is 16.8 Å². The van der Waals surface area contributed by atoms with Crippen LogP contribution in [0, 0.1) is 11.3 Å². The highest BCUT2D eigenvalue weighted by Gasteiger charge is 2.59. The number of nitrogens with zero attached hydrogens (tertiary/aromatic N) is 3. The van der Waals surface area contributed by atoms with E-state index in [1.54, 1.807) is 5.32 Å². The summed E-state index contributed by atoms with van der Waals surface area (Å²) < 4.78 is 70.3. The van der Waals surface area contributed by atoms with Crippen LogP contribution >= 0.6 is 12.2 Å². The Morgan fingerprint density at radius 1 is 1.28 bits per heavy atom. The summed E-state index contributed by atoms with van der Waals surface area (Å²) in [7, 11) is 0. The number of nitrogens with one attached hydrogen (secondary N) is 1. The van der Waals surface area contributed by atoms with Gasteiger partial charge in [0.05, 0.1) is 24.3 Å². The van der Waals surface area contributed by atoms with Gasteiger partial charge in [0, 0.05) is 22.3 Å². The monoisotopic (exact) mass is 462 g/mol. The number of nitriles is 1. The van der Waals surface area contributed by atoms with Crippen molar-refractivity contribution in [1.29, 1.82) is 5.26 Å². The van der Waals surface area contributed by atoms with Gasteiger partial charge in [0.25, 0.3) is 11.8 Å². The van der Waals surface area contributed by atoms with Gasteiger partial charge in [-0.1, -0.05) is 0 Å². The molecule has 2 aliphatic rings. The normalized spacial score (nSPS) is 19.6. The molecule has 0 atom stereocenters. The molecule has 1 aliphatic heterocycles. The van der Waals surface area contributed by atoms with E-state index >= 15 is 0 Å². The third-order valence-electron chi connectivity index (χ3n) is 5.69. The minimum atomic E-state index is -4.83. The maximum absolute atomic E-state index is 13.5. The number of alkyl halides is 3. The topological polar surface area (TPSA) is 76.4 Å². The SMILES string of the molecule is [2H]c1cc(N2C(=S)N(c3ccc(C#N)c(C(F)(F)F)c3)C(=O)C23CCC3)ccc1C(=O)NC([2H])([2H])[2H]. The molecule has 1 aliphatic carbocycles. The van der Waals surface area contributed by atoms with Crippen LogP contribution in [0.3, 0.4) is 0 Å². The summed E-state index contributed by atoms with van der Waals surface area (Å²) in [6.07, 6.45) is -3.45. The fourth-order valence-electron chi connectivity index (χ4n) is 3.98. The number of thiocarbonyl (C=S) groups is 1. The first-order chi connectivity index (χ1) is 16.7. The Morgan fingerprint density at radius 3 is 2.56 bits per heavy atom. The number of hydrogen-bond acceptors (Lipinski definition) is 4. The van der Waals surface area contributed by atoms with E-state index in [-0.39, 0.29) is 28.1 Å². The number of amides is 2. The van der Waals surface area contributed by atoms with Crippen molar-refractivity contribution in [2.24, 2.45) is 0 Å². The van der Waals surface area contributed by atoms with Gasteiger partial charge in [0.1, 0.15) is 5.54 Å². The van der Waals surface area contributed by atoms with Gasteiger partial charge in [-0.25, -0.2) is 0 Å². The predicted molar refractivity (Wildman–Crippen MR) is 115 cm³/mol. The molecule has 0 unspecified atom stereocenters. The van der Waals surface area contributed by atoms with Crippen LogP contribution in [0.15, 0.2) is 42.4 Å². The average Bonchev–Trinajstić information content (AvgIpc) is 2.98. The molecule has 2 amide bonds. The molecule has 1 spiro atoms. The summed E-state index contributed by atoms with van der Waals surface area (Å²) in [6.45, 7) is -2.75. The van der Waals surface area contributed by atoms with Gasteiger partial charge in [-0.3, -0.25) is 14.5 Å². The van der Waals surface area contributed by atoms with Gasteiger partial charge < -0.3 is 10.2 Å². The van der Waals surface area contributed by atoms with Crippen LogP contribution in [0.2, 0.25) is 0 Å². The van der Waals surface area contributed by atoms with Crippen molar-refractivity contribution in [3.05, 3.63) is 59.1 Å². The van der Waals surface area contributed by atoms with E-state index in [4.69, 9.17) is 23.0 Å². The molecular formula is C22H17F3N4O2S.